The average molecular weight is 206 g/mol. The van der Waals surface area contributed by atoms with Gasteiger partial charge in [0.05, 0.1) is 0 Å². The van der Waals surface area contributed by atoms with E-state index in [4.69, 9.17) is 15.6 Å². The van der Waals surface area contributed by atoms with Crippen molar-refractivity contribution in [3.05, 3.63) is 35.9 Å². The first-order chi connectivity index (χ1) is 7.18. The molecule has 2 rings (SSSR count). The van der Waals surface area contributed by atoms with E-state index in [9.17, 15) is 4.79 Å². The zero-order valence-electron chi connectivity index (χ0n) is 7.83. The number of benzene rings is 1. The third kappa shape index (κ3) is 1.82. The van der Waals surface area contributed by atoms with Crippen LogP contribution in [0, 0.1) is 0 Å². The molecule has 0 saturated carbocycles. The fraction of sp³-hybridized carbons (Fsp3) is 0.200. The first kappa shape index (κ1) is 9.67. The maximum Gasteiger partial charge on any atom is 0.348 e. The standard InChI is InChI=1S/C10H10N2O3/c11-8-7(10(13)14)15-9(12-8)6-4-2-1-3-5-6/h1-5,7-8H,11H2,(H,13,14). The molecule has 1 aromatic carbocycles. The number of nitrogens with two attached hydrogens (primary N) is 1. The van der Waals surface area contributed by atoms with Gasteiger partial charge < -0.3 is 15.6 Å². The van der Waals surface area contributed by atoms with Gasteiger partial charge in [-0.15, -0.1) is 0 Å². The third-order valence-corrected chi connectivity index (χ3v) is 2.08. The zero-order chi connectivity index (χ0) is 10.8. The summed E-state index contributed by atoms with van der Waals surface area (Å²) in [4.78, 5) is 14.7. The van der Waals surface area contributed by atoms with E-state index in [0.717, 1.165) is 5.56 Å². The number of carboxylic acids is 1. The van der Waals surface area contributed by atoms with Crippen LogP contribution in [-0.2, 0) is 9.53 Å². The molecular formula is C10H10N2O3. The molecule has 0 aliphatic carbocycles. The van der Waals surface area contributed by atoms with Gasteiger partial charge in [0, 0.05) is 5.56 Å². The minimum atomic E-state index is -1.10. The lowest BCUT2D eigenvalue weighted by Gasteiger charge is -2.08. The largest absolute Gasteiger partial charge is 0.478 e. The minimum absolute atomic E-state index is 0.288. The predicted molar refractivity (Wildman–Crippen MR) is 53.5 cm³/mol. The molecule has 0 radical (unpaired) electrons. The molecule has 0 saturated heterocycles. The molecule has 1 heterocycles. The van der Waals surface area contributed by atoms with Crippen LogP contribution in [0.25, 0.3) is 0 Å². The number of hydrogen-bond donors (Lipinski definition) is 2. The van der Waals surface area contributed by atoms with Gasteiger partial charge >= 0.3 is 5.97 Å². The smallest absolute Gasteiger partial charge is 0.348 e. The molecular weight excluding hydrogens is 196 g/mol. The van der Waals surface area contributed by atoms with Crippen LogP contribution < -0.4 is 5.73 Å². The van der Waals surface area contributed by atoms with Crippen LogP contribution in [0.5, 0.6) is 0 Å². The van der Waals surface area contributed by atoms with Crippen LogP contribution in [0.4, 0.5) is 0 Å². The van der Waals surface area contributed by atoms with Crippen LogP contribution in [0.2, 0.25) is 0 Å². The maximum absolute atomic E-state index is 10.7. The van der Waals surface area contributed by atoms with Crippen molar-refractivity contribution in [2.24, 2.45) is 10.7 Å². The molecule has 0 fully saturated rings. The van der Waals surface area contributed by atoms with Gasteiger partial charge in [-0.1, -0.05) is 18.2 Å². The number of ether oxygens (including phenoxy) is 1. The summed E-state index contributed by atoms with van der Waals surface area (Å²) in [6.07, 6.45) is -1.92. The van der Waals surface area contributed by atoms with Gasteiger partial charge in [-0.3, -0.25) is 0 Å². The Hall–Kier alpha value is -1.88. The Balaban J connectivity index is 2.21. The van der Waals surface area contributed by atoms with E-state index >= 15 is 0 Å². The highest BCUT2D eigenvalue weighted by molar-refractivity contribution is 5.97. The molecule has 0 aromatic heterocycles. The number of aliphatic imine (C=N–C) groups is 1. The van der Waals surface area contributed by atoms with E-state index in [0.29, 0.717) is 0 Å². The highest BCUT2D eigenvalue weighted by atomic mass is 16.5. The molecule has 1 aliphatic rings. The van der Waals surface area contributed by atoms with E-state index in [-0.39, 0.29) is 5.90 Å². The highest BCUT2D eigenvalue weighted by Gasteiger charge is 2.34. The van der Waals surface area contributed by atoms with Gasteiger partial charge in [0.15, 0.2) is 0 Å². The second-order valence-corrected chi connectivity index (χ2v) is 3.17. The second-order valence-electron chi connectivity index (χ2n) is 3.17. The predicted octanol–water partition coefficient (Wildman–Crippen LogP) is 0.201. The van der Waals surface area contributed by atoms with E-state index < -0.39 is 18.2 Å². The Morgan fingerprint density at radius 3 is 2.60 bits per heavy atom. The summed E-state index contributed by atoms with van der Waals surface area (Å²) >= 11 is 0. The summed E-state index contributed by atoms with van der Waals surface area (Å²) in [7, 11) is 0. The summed E-state index contributed by atoms with van der Waals surface area (Å²) < 4.78 is 5.15. The van der Waals surface area contributed by atoms with Crippen molar-refractivity contribution in [1.82, 2.24) is 0 Å². The topological polar surface area (TPSA) is 84.9 Å². The van der Waals surface area contributed by atoms with E-state index in [1.807, 2.05) is 18.2 Å². The average Bonchev–Trinajstić information content (AvgIpc) is 2.62. The van der Waals surface area contributed by atoms with E-state index in [1.54, 1.807) is 12.1 Å². The molecule has 1 aliphatic heterocycles. The van der Waals surface area contributed by atoms with Crippen molar-refractivity contribution in [2.75, 3.05) is 0 Å². The van der Waals surface area contributed by atoms with Crippen molar-refractivity contribution in [3.63, 3.8) is 0 Å². The number of carboxylic acid groups (broad SMARTS) is 1. The van der Waals surface area contributed by atoms with Gasteiger partial charge in [-0.2, -0.15) is 0 Å². The number of carbonyl (C=O) groups is 1. The van der Waals surface area contributed by atoms with Gasteiger partial charge in [0.2, 0.25) is 12.0 Å². The maximum atomic E-state index is 10.7. The number of hydrogen-bond acceptors (Lipinski definition) is 4. The number of aliphatic carboxylic acids is 1. The molecule has 2 unspecified atom stereocenters. The van der Waals surface area contributed by atoms with E-state index in [2.05, 4.69) is 4.99 Å². The van der Waals surface area contributed by atoms with Crippen LogP contribution in [0.1, 0.15) is 5.56 Å². The molecule has 0 amide bonds. The molecule has 5 heteroatoms. The fourth-order valence-electron chi connectivity index (χ4n) is 1.34. The summed E-state index contributed by atoms with van der Waals surface area (Å²) in [5, 5.41) is 8.77. The molecule has 1 aromatic rings. The van der Waals surface area contributed by atoms with Gasteiger partial charge in [0.25, 0.3) is 0 Å². The van der Waals surface area contributed by atoms with Crippen LogP contribution >= 0.6 is 0 Å². The first-order valence-corrected chi connectivity index (χ1v) is 4.47. The molecule has 78 valence electrons. The summed E-state index contributed by atoms with van der Waals surface area (Å²) in [6.45, 7) is 0. The number of rotatable bonds is 2. The van der Waals surface area contributed by atoms with E-state index in [1.165, 1.54) is 0 Å². The monoisotopic (exact) mass is 206 g/mol. The van der Waals surface area contributed by atoms with Crippen molar-refractivity contribution in [2.45, 2.75) is 12.3 Å². The Morgan fingerprint density at radius 2 is 2.07 bits per heavy atom. The quantitative estimate of drug-likeness (QED) is 0.723. The summed E-state index contributed by atoms with van der Waals surface area (Å²) in [5.74, 6) is -0.812. The van der Waals surface area contributed by atoms with Gasteiger partial charge in [0.1, 0.15) is 6.17 Å². The van der Waals surface area contributed by atoms with Gasteiger partial charge in [-0.25, -0.2) is 9.79 Å². The Labute approximate surface area is 86.2 Å². The van der Waals surface area contributed by atoms with Crippen LogP contribution in [0.3, 0.4) is 0 Å². The SMILES string of the molecule is NC1N=C(c2ccccc2)OC1C(=O)O. The lowest BCUT2D eigenvalue weighted by molar-refractivity contribution is -0.145. The Bertz CT molecular complexity index is 402. The van der Waals surface area contributed by atoms with Gasteiger partial charge in [-0.05, 0) is 12.1 Å². The highest BCUT2D eigenvalue weighted by Crippen LogP contribution is 2.15. The van der Waals surface area contributed by atoms with Crippen LogP contribution in [0.15, 0.2) is 35.3 Å². The lowest BCUT2D eigenvalue weighted by Crippen LogP contribution is -2.37. The van der Waals surface area contributed by atoms with Crippen molar-refractivity contribution in [3.8, 4) is 0 Å². The van der Waals surface area contributed by atoms with Crippen molar-refractivity contribution >= 4 is 11.9 Å². The van der Waals surface area contributed by atoms with Crippen molar-refractivity contribution in [1.29, 1.82) is 0 Å². The third-order valence-electron chi connectivity index (χ3n) is 2.08. The lowest BCUT2D eigenvalue weighted by atomic mass is 10.2. The molecule has 15 heavy (non-hydrogen) atoms. The fourth-order valence-corrected chi connectivity index (χ4v) is 1.34. The summed E-state index contributed by atoms with van der Waals surface area (Å²) in [6, 6.07) is 9.07. The normalized spacial score (nSPS) is 24.5. The molecule has 5 nitrogen and oxygen atoms in total. The summed E-state index contributed by atoms with van der Waals surface area (Å²) in [5.41, 5.74) is 6.25. The first-order valence-electron chi connectivity index (χ1n) is 4.47. The Morgan fingerprint density at radius 1 is 1.40 bits per heavy atom. The minimum Gasteiger partial charge on any atom is -0.478 e. The second kappa shape index (κ2) is 3.70. The Kier molecular flexibility index (Phi) is 2.39. The number of nitrogens with zero attached hydrogens (tertiary/aromatic N) is 1. The molecule has 2 atom stereocenters. The molecule has 3 N–H and O–H groups in total. The van der Waals surface area contributed by atoms with Crippen molar-refractivity contribution < 1.29 is 14.6 Å². The zero-order valence-corrected chi connectivity index (χ0v) is 7.83. The molecule has 0 bridgehead atoms. The molecule has 0 spiro atoms. The van der Waals surface area contributed by atoms with Crippen LogP contribution in [-0.4, -0.2) is 29.2 Å².